The second-order valence-electron chi connectivity index (χ2n) is 14.5. The minimum absolute atomic E-state index is 0.0240. The molecule has 23 heteroatoms. The number of nitrogens with zero attached hydrogens (tertiary/aromatic N) is 5. The maximum atomic E-state index is 13.2. The molecule has 1 unspecified atom stereocenters. The molecule has 0 saturated carbocycles. The number of hydrogen-bond acceptors (Lipinski definition) is 15. The predicted molar refractivity (Wildman–Crippen MR) is 221 cm³/mol. The molecule has 338 valence electrons. The monoisotopic (exact) mass is 900 g/mol. The van der Waals surface area contributed by atoms with E-state index in [0.29, 0.717) is 36.5 Å². The summed E-state index contributed by atoms with van der Waals surface area (Å²) in [5.41, 5.74) is 6.82. The largest absolute Gasteiger partial charge is 0.444 e. The molecule has 1 saturated heterocycles. The van der Waals surface area contributed by atoms with Gasteiger partial charge >= 0.3 is 6.18 Å². The van der Waals surface area contributed by atoms with Gasteiger partial charge < -0.3 is 35.6 Å². The van der Waals surface area contributed by atoms with Crippen molar-refractivity contribution in [3.8, 4) is 17.1 Å². The molecular weight excluding hydrogens is 862 g/mol. The van der Waals surface area contributed by atoms with Gasteiger partial charge in [0.2, 0.25) is 17.7 Å². The number of halogens is 3. The Bertz CT molecular complexity index is 2650. The van der Waals surface area contributed by atoms with Crippen molar-refractivity contribution in [1.29, 1.82) is 0 Å². The minimum atomic E-state index is -4.47. The Morgan fingerprint density at radius 2 is 1.71 bits per heavy atom. The van der Waals surface area contributed by atoms with Crippen LogP contribution in [-0.2, 0) is 19.1 Å². The van der Waals surface area contributed by atoms with Crippen LogP contribution in [0.25, 0.3) is 17.1 Å². The average molecular weight is 901 g/mol. The molecule has 3 aromatic heterocycles. The zero-order valence-electron chi connectivity index (χ0n) is 34.1. The zero-order valence-corrected chi connectivity index (χ0v) is 34.1. The third-order valence-electron chi connectivity index (χ3n) is 9.96. The number of primary amides is 1. The number of carbonyl (C=O) groups excluding carboxylic acids is 7. The van der Waals surface area contributed by atoms with E-state index < -0.39 is 54.2 Å². The number of piperidine rings is 1. The number of nitrogens with two attached hydrogens (primary N) is 1. The first-order valence-corrected chi connectivity index (χ1v) is 20.0. The number of nitrogens with one attached hydrogen (secondary N) is 4. The summed E-state index contributed by atoms with van der Waals surface area (Å²) in [5, 5.41) is 14.1. The van der Waals surface area contributed by atoms with Crippen LogP contribution in [-0.4, -0.2) is 118 Å². The van der Waals surface area contributed by atoms with Gasteiger partial charge in [-0.3, -0.25) is 43.8 Å². The first-order chi connectivity index (χ1) is 31.2. The zero-order chi connectivity index (χ0) is 46.3. The number of Topliss-reactive ketones (excluding diaryl/α,β-unsaturated/α-hetero) is 1. The fraction of sp³-hybridized carbons (Fsp3) is 0.286. The van der Waals surface area contributed by atoms with Gasteiger partial charge in [-0.2, -0.15) is 18.3 Å². The van der Waals surface area contributed by atoms with Crippen LogP contribution in [0.4, 0.5) is 30.4 Å². The van der Waals surface area contributed by atoms with E-state index in [9.17, 15) is 46.7 Å². The fourth-order valence-electron chi connectivity index (χ4n) is 6.85. The number of carbonyl (C=O) groups is 7. The van der Waals surface area contributed by atoms with Crippen molar-refractivity contribution in [2.45, 2.75) is 37.9 Å². The molecular formula is C42H39F3N10O10. The number of fused-ring (bicyclic) bond motifs is 1. The Balaban J connectivity index is 0.819. The third-order valence-corrected chi connectivity index (χ3v) is 9.96. The summed E-state index contributed by atoms with van der Waals surface area (Å²) >= 11 is 0. The SMILES string of the molecule is NC(=O)c1nn(-c2ccc(C(=O)CCCOCCOCCNc3cccc4c3C(=O)N(C3CCC(=O)NC3=O)C4=O)cc2)cc1NC(=O)c1coc(-c2ccnc(NCC(F)(F)F)c2)n1. The average Bonchev–Trinajstić information content (AvgIpc) is 4.01. The maximum absolute atomic E-state index is 13.2. The molecule has 1 fully saturated rings. The second kappa shape index (κ2) is 19.7. The van der Waals surface area contributed by atoms with Crippen molar-refractivity contribution < 1.29 is 60.6 Å². The van der Waals surface area contributed by atoms with Crippen molar-refractivity contribution >= 4 is 58.4 Å². The first kappa shape index (κ1) is 45.2. The summed E-state index contributed by atoms with van der Waals surface area (Å²) in [5.74, 6) is -4.40. The normalized spacial score (nSPS) is 14.9. The van der Waals surface area contributed by atoms with Crippen molar-refractivity contribution in [3.63, 3.8) is 0 Å². The lowest BCUT2D eigenvalue weighted by atomic mass is 10.0. The van der Waals surface area contributed by atoms with Crippen LogP contribution in [0.5, 0.6) is 0 Å². The lowest BCUT2D eigenvalue weighted by Crippen LogP contribution is -2.54. The topological polar surface area (TPSA) is 272 Å². The molecule has 0 bridgehead atoms. The van der Waals surface area contributed by atoms with Crippen LogP contribution in [0.3, 0.4) is 0 Å². The van der Waals surface area contributed by atoms with Crippen LogP contribution in [0.15, 0.2) is 77.7 Å². The van der Waals surface area contributed by atoms with Crippen LogP contribution < -0.4 is 27.0 Å². The van der Waals surface area contributed by atoms with E-state index in [1.165, 1.54) is 35.3 Å². The molecule has 1 atom stereocenters. The van der Waals surface area contributed by atoms with E-state index in [1.807, 2.05) is 0 Å². The molecule has 5 heterocycles. The summed E-state index contributed by atoms with van der Waals surface area (Å²) in [6.45, 7) is 0.0544. The van der Waals surface area contributed by atoms with E-state index in [1.54, 1.807) is 36.4 Å². The van der Waals surface area contributed by atoms with E-state index in [2.05, 4.69) is 36.3 Å². The van der Waals surface area contributed by atoms with Crippen LogP contribution in [0.2, 0.25) is 0 Å². The van der Waals surface area contributed by atoms with Crippen LogP contribution in [0.1, 0.15) is 77.7 Å². The van der Waals surface area contributed by atoms with Crippen molar-refractivity contribution in [1.82, 2.24) is 30.0 Å². The van der Waals surface area contributed by atoms with E-state index in [-0.39, 0.29) is 90.3 Å². The molecule has 2 aliphatic rings. The number of rotatable bonds is 20. The van der Waals surface area contributed by atoms with Gasteiger partial charge in [0.1, 0.15) is 24.7 Å². The standard InChI is InChI=1S/C42H39F3N10O10/c43-42(44,45)22-49-32-19-24(12-13-48-32)39-51-29(21-65-39)37(59)50-28-20-54(53-35(28)36(46)58)25-8-6-23(7-9-25)31(56)5-2-15-63-17-18-64-16-14-47-27-4-1-3-26-34(27)41(62)55(40(26)61)30-10-11-33(57)52-38(30)60/h1,3-4,6-9,12-13,19-21,30,47H,2,5,10-11,14-18,22H2,(H2,46,58)(H,48,49)(H,50,59)(H,52,57,60). The molecule has 65 heavy (non-hydrogen) atoms. The fourth-order valence-corrected chi connectivity index (χ4v) is 6.85. The number of anilines is 3. The smallest absolute Gasteiger partial charge is 0.405 e. The quantitative estimate of drug-likeness (QED) is 0.0423. The molecule has 0 spiro atoms. The van der Waals surface area contributed by atoms with Gasteiger partial charge in [-0.05, 0) is 61.4 Å². The number of oxazole rings is 1. The lowest BCUT2D eigenvalue weighted by molar-refractivity contribution is -0.136. The highest BCUT2D eigenvalue weighted by molar-refractivity contribution is 6.25. The number of benzene rings is 2. The Labute approximate surface area is 366 Å². The number of hydrogen-bond donors (Lipinski definition) is 5. The Hall–Kier alpha value is -7.79. The summed E-state index contributed by atoms with van der Waals surface area (Å²) in [6, 6.07) is 12.8. The highest BCUT2D eigenvalue weighted by atomic mass is 19.4. The van der Waals surface area contributed by atoms with Crippen LogP contribution in [0, 0.1) is 0 Å². The Kier molecular flexibility index (Phi) is 13.7. The third kappa shape index (κ3) is 10.9. The minimum Gasteiger partial charge on any atom is -0.444 e. The van der Waals surface area contributed by atoms with Crippen LogP contribution >= 0.6 is 0 Å². The molecule has 0 aliphatic carbocycles. The maximum Gasteiger partial charge on any atom is 0.405 e. The lowest BCUT2D eigenvalue weighted by Gasteiger charge is -2.27. The number of ketones is 1. The van der Waals surface area contributed by atoms with Gasteiger partial charge in [0.05, 0.1) is 48.5 Å². The molecule has 0 radical (unpaired) electrons. The highest BCUT2D eigenvalue weighted by Crippen LogP contribution is 2.32. The number of imide groups is 2. The summed E-state index contributed by atoms with van der Waals surface area (Å²) in [4.78, 5) is 97.2. The number of amides is 6. The number of alkyl halides is 3. The van der Waals surface area contributed by atoms with Crippen molar-refractivity contribution in [3.05, 3.63) is 101 Å². The molecule has 7 rings (SSSR count). The first-order valence-electron chi connectivity index (χ1n) is 20.0. The molecule has 2 aliphatic heterocycles. The van der Waals surface area contributed by atoms with Gasteiger partial charge in [-0.1, -0.05) is 6.07 Å². The molecule has 20 nitrogen and oxygen atoms in total. The molecule has 5 aromatic rings. The molecule has 6 amide bonds. The van der Waals surface area contributed by atoms with Gasteiger partial charge in [0, 0.05) is 49.0 Å². The second-order valence-corrected chi connectivity index (χ2v) is 14.5. The van der Waals surface area contributed by atoms with Gasteiger partial charge in [0.25, 0.3) is 23.6 Å². The van der Waals surface area contributed by atoms with E-state index in [4.69, 9.17) is 19.6 Å². The van der Waals surface area contributed by atoms with Gasteiger partial charge in [-0.25, -0.2) is 14.6 Å². The number of pyridine rings is 1. The van der Waals surface area contributed by atoms with Gasteiger partial charge in [-0.15, -0.1) is 0 Å². The Morgan fingerprint density at radius 1 is 0.938 bits per heavy atom. The van der Waals surface area contributed by atoms with Crippen molar-refractivity contribution in [2.24, 2.45) is 5.73 Å². The summed E-state index contributed by atoms with van der Waals surface area (Å²) in [7, 11) is 0. The van der Waals surface area contributed by atoms with Crippen molar-refractivity contribution in [2.75, 3.05) is 55.5 Å². The number of ether oxygens (including phenoxy) is 2. The summed E-state index contributed by atoms with van der Waals surface area (Å²) in [6.07, 6.45) is -0.142. The predicted octanol–water partition coefficient (Wildman–Crippen LogP) is 3.76. The van der Waals surface area contributed by atoms with E-state index >= 15 is 0 Å². The van der Waals surface area contributed by atoms with E-state index in [0.717, 1.165) is 11.2 Å². The molecule has 6 N–H and O–H groups in total. The number of aromatic nitrogens is 4. The Morgan fingerprint density at radius 3 is 2.45 bits per heavy atom. The summed E-state index contributed by atoms with van der Waals surface area (Å²) < 4.78 is 55.7. The molecule has 2 aromatic carbocycles. The van der Waals surface area contributed by atoms with Gasteiger partial charge in [0.15, 0.2) is 17.2 Å². The highest BCUT2D eigenvalue weighted by Gasteiger charge is 2.45.